The van der Waals surface area contributed by atoms with Gasteiger partial charge in [-0.3, -0.25) is 0 Å². The largest absolute Gasteiger partial charge is 0.330 e. The standard InChI is InChI=1S/C10H15ClN2S/c1-8(5-12)6-14-7-9-2-3-13-10(11)4-9/h2-4,8H,5-7,12H2,1H3. The molecule has 1 unspecified atom stereocenters. The van der Waals surface area contributed by atoms with Crippen LogP contribution in [-0.4, -0.2) is 17.3 Å². The molecule has 14 heavy (non-hydrogen) atoms. The van der Waals surface area contributed by atoms with Gasteiger partial charge < -0.3 is 5.73 Å². The smallest absolute Gasteiger partial charge is 0.129 e. The topological polar surface area (TPSA) is 38.9 Å². The summed E-state index contributed by atoms with van der Waals surface area (Å²) < 4.78 is 0. The van der Waals surface area contributed by atoms with Crippen LogP contribution in [0.1, 0.15) is 12.5 Å². The van der Waals surface area contributed by atoms with E-state index in [0.29, 0.717) is 11.1 Å². The van der Waals surface area contributed by atoms with Crippen LogP contribution in [0.15, 0.2) is 18.3 Å². The highest BCUT2D eigenvalue weighted by Gasteiger charge is 2.00. The highest BCUT2D eigenvalue weighted by Crippen LogP contribution is 2.16. The van der Waals surface area contributed by atoms with Gasteiger partial charge in [-0.25, -0.2) is 4.98 Å². The number of halogens is 1. The second-order valence-electron chi connectivity index (χ2n) is 3.34. The second-order valence-corrected chi connectivity index (χ2v) is 4.76. The minimum absolute atomic E-state index is 0.565. The van der Waals surface area contributed by atoms with Crippen LogP contribution in [0.3, 0.4) is 0 Å². The molecule has 1 atom stereocenters. The molecule has 0 amide bonds. The minimum atomic E-state index is 0.565. The van der Waals surface area contributed by atoms with Gasteiger partial charge in [0.05, 0.1) is 0 Å². The molecule has 4 heteroatoms. The molecule has 2 N–H and O–H groups in total. The Bertz CT molecular complexity index is 281. The number of aromatic nitrogens is 1. The lowest BCUT2D eigenvalue weighted by Gasteiger charge is -2.07. The predicted molar refractivity (Wildman–Crippen MR) is 63.6 cm³/mol. The van der Waals surface area contributed by atoms with Crippen molar-refractivity contribution in [3.8, 4) is 0 Å². The zero-order chi connectivity index (χ0) is 10.4. The SMILES string of the molecule is CC(CN)CSCc1ccnc(Cl)c1. The second kappa shape index (κ2) is 6.27. The van der Waals surface area contributed by atoms with E-state index < -0.39 is 0 Å². The zero-order valence-electron chi connectivity index (χ0n) is 8.24. The van der Waals surface area contributed by atoms with E-state index in [9.17, 15) is 0 Å². The van der Waals surface area contributed by atoms with Crippen molar-refractivity contribution in [1.82, 2.24) is 4.98 Å². The first-order chi connectivity index (χ1) is 6.72. The Kier molecular flexibility index (Phi) is 5.30. The van der Waals surface area contributed by atoms with E-state index in [-0.39, 0.29) is 0 Å². The summed E-state index contributed by atoms with van der Waals surface area (Å²) in [7, 11) is 0. The summed E-state index contributed by atoms with van der Waals surface area (Å²) in [5.41, 5.74) is 6.75. The van der Waals surface area contributed by atoms with Gasteiger partial charge in [0.15, 0.2) is 0 Å². The summed E-state index contributed by atoms with van der Waals surface area (Å²) in [6.07, 6.45) is 1.74. The van der Waals surface area contributed by atoms with Gasteiger partial charge in [0.2, 0.25) is 0 Å². The number of nitrogens with two attached hydrogens (primary N) is 1. The molecule has 0 saturated carbocycles. The number of pyridine rings is 1. The molecule has 0 aromatic carbocycles. The van der Waals surface area contributed by atoms with Crippen LogP contribution < -0.4 is 5.73 Å². The highest BCUT2D eigenvalue weighted by molar-refractivity contribution is 7.98. The molecular weight excluding hydrogens is 216 g/mol. The lowest BCUT2D eigenvalue weighted by Crippen LogP contribution is -2.12. The Morgan fingerprint density at radius 3 is 3.07 bits per heavy atom. The van der Waals surface area contributed by atoms with Crippen LogP contribution in [0.4, 0.5) is 0 Å². The summed E-state index contributed by atoms with van der Waals surface area (Å²) >= 11 is 7.65. The first-order valence-electron chi connectivity index (χ1n) is 4.60. The van der Waals surface area contributed by atoms with E-state index in [1.165, 1.54) is 5.56 Å². The van der Waals surface area contributed by atoms with Gasteiger partial charge in [-0.1, -0.05) is 18.5 Å². The Labute approximate surface area is 94.2 Å². The van der Waals surface area contributed by atoms with E-state index in [4.69, 9.17) is 17.3 Å². The molecule has 1 aromatic rings. The van der Waals surface area contributed by atoms with Crippen molar-refractivity contribution in [2.75, 3.05) is 12.3 Å². The van der Waals surface area contributed by atoms with Gasteiger partial charge in [-0.2, -0.15) is 11.8 Å². The number of hydrogen-bond donors (Lipinski definition) is 1. The molecule has 1 rings (SSSR count). The molecular formula is C10H15ClN2S. The monoisotopic (exact) mass is 230 g/mol. The predicted octanol–water partition coefficient (Wildman–Crippen LogP) is 2.56. The van der Waals surface area contributed by atoms with Crippen LogP contribution in [0.25, 0.3) is 0 Å². The molecule has 0 aliphatic heterocycles. The van der Waals surface area contributed by atoms with Crippen molar-refractivity contribution in [2.45, 2.75) is 12.7 Å². The van der Waals surface area contributed by atoms with Crippen molar-refractivity contribution in [2.24, 2.45) is 11.7 Å². The maximum atomic E-state index is 5.77. The lowest BCUT2D eigenvalue weighted by atomic mass is 10.2. The van der Waals surface area contributed by atoms with Crippen LogP contribution in [0.5, 0.6) is 0 Å². The molecule has 0 radical (unpaired) electrons. The Morgan fingerprint density at radius 1 is 1.64 bits per heavy atom. The quantitative estimate of drug-likeness (QED) is 0.791. The lowest BCUT2D eigenvalue weighted by molar-refractivity contribution is 0.675. The molecule has 0 saturated heterocycles. The first-order valence-corrected chi connectivity index (χ1v) is 6.14. The van der Waals surface area contributed by atoms with E-state index in [1.807, 2.05) is 23.9 Å². The summed E-state index contributed by atoms with van der Waals surface area (Å²) in [6.45, 7) is 2.91. The van der Waals surface area contributed by atoms with E-state index in [2.05, 4.69) is 11.9 Å². The van der Waals surface area contributed by atoms with Crippen LogP contribution >= 0.6 is 23.4 Å². The van der Waals surface area contributed by atoms with Gasteiger partial charge in [0, 0.05) is 11.9 Å². The van der Waals surface area contributed by atoms with Gasteiger partial charge in [0.1, 0.15) is 5.15 Å². The third kappa shape index (κ3) is 4.31. The fraction of sp³-hybridized carbons (Fsp3) is 0.500. The number of rotatable bonds is 5. The van der Waals surface area contributed by atoms with Crippen molar-refractivity contribution in [3.05, 3.63) is 29.0 Å². The van der Waals surface area contributed by atoms with Gasteiger partial charge in [-0.05, 0) is 35.9 Å². The third-order valence-corrected chi connectivity index (χ3v) is 3.41. The fourth-order valence-corrected chi connectivity index (χ4v) is 2.25. The van der Waals surface area contributed by atoms with Crippen molar-refractivity contribution >= 4 is 23.4 Å². The van der Waals surface area contributed by atoms with E-state index in [0.717, 1.165) is 18.1 Å². The number of nitrogens with zero attached hydrogens (tertiary/aromatic N) is 1. The van der Waals surface area contributed by atoms with Crippen molar-refractivity contribution in [1.29, 1.82) is 0 Å². The van der Waals surface area contributed by atoms with Gasteiger partial charge >= 0.3 is 0 Å². The molecule has 1 heterocycles. The highest BCUT2D eigenvalue weighted by atomic mass is 35.5. The van der Waals surface area contributed by atoms with Crippen molar-refractivity contribution < 1.29 is 0 Å². The maximum Gasteiger partial charge on any atom is 0.129 e. The summed E-state index contributed by atoms with van der Waals surface area (Å²) in [4.78, 5) is 3.94. The molecule has 0 aliphatic rings. The Balaban J connectivity index is 2.31. The van der Waals surface area contributed by atoms with Crippen LogP contribution in [0, 0.1) is 5.92 Å². The van der Waals surface area contributed by atoms with Gasteiger partial charge in [-0.15, -0.1) is 0 Å². The maximum absolute atomic E-state index is 5.77. The minimum Gasteiger partial charge on any atom is -0.330 e. The normalized spacial score (nSPS) is 12.8. The first kappa shape index (κ1) is 11.8. The van der Waals surface area contributed by atoms with Crippen molar-refractivity contribution in [3.63, 3.8) is 0 Å². The molecule has 0 spiro atoms. The molecule has 1 aromatic heterocycles. The molecule has 78 valence electrons. The summed E-state index contributed by atoms with van der Waals surface area (Å²) in [6, 6.07) is 3.90. The number of hydrogen-bond acceptors (Lipinski definition) is 3. The van der Waals surface area contributed by atoms with Crippen LogP contribution in [0.2, 0.25) is 5.15 Å². The van der Waals surface area contributed by atoms with Crippen LogP contribution in [-0.2, 0) is 5.75 Å². The van der Waals surface area contributed by atoms with E-state index in [1.54, 1.807) is 6.20 Å². The average Bonchev–Trinajstić information content (AvgIpc) is 2.17. The summed E-state index contributed by atoms with van der Waals surface area (Å²) in [5.74, 6) is 2.65. The molecule has 0 bridgehead atoms. The molecule has 0 aliphatic carbocycles. The fourth-order valence-electron chi connectivity index (χ4n) is 0.978. The third-order valence-electron chi connectivity index (χ3n) is 1.86. The number of thioether (sulfide) groups is 1. The molecule has 0 fully saturated rings. The molecule has 2 nitrogen and oxygen atoms in total. The zero-order valence-corrected chi connectivity index (χ0v) is 9.81. The van der Waals surface area contributed by atoms with Gasteiger partial charge in [0.25, 0.3) is 0 Å². The Hall–Kier alpha value is -0.250. The Morgan fingerprint density at radius 2 is 2.43 bits per heavy atom. The summed E-state index contributed by atoms with van der Waals surface area (Å²) in [5, 5.41) is 0.565. The van der Waals surface area contributed by atoms with E-state index >= 15 is 0 Å². The average molecular weight is 231 g/mol.